The van der Waals surface area contributed by atoms with Crippen molar-refractivity contribution in [3.8, 4) is 0 Å². The van der Waals surface area contributed by atoms with Gasteiger partial charge in [-0.1, -0.05) is 181 Å². The van der Waals surface area contributed by atoms with Gasteiger partial charge in [0, 0.05) is 26.1 Å². The number of aliphatic carboxylic acids is 2. The molecule has 0 aliphatic heterocycles. The minimum Gasteiger partial charge on any atom is -0.481 e. The molecular weight excluding hydrogens is 536 g/mol. The molecule has 5 nitrogen and oxygen atoms in total. The van der Waals surface area contributed by atoms with Crippen molar-refractivity contribution in [3.05, 3.63) is 0 Å². The molecule has 43 heavy (non-hydrogen) atoms. The Labute approximate surface area is 268 Å². The van der Waals surface area contributed by atoms with Crippen LogP contribution in [-0.4, -0.2) is 35.4 Å². The van der Waals surface area contributed by atoms with Crippen LogP contribution in [0, 0.1) is 0 Å². The van der Waals surface area contributed by atoms with Crippen LogP contribution < -0.4 is 0 Å². The van der Waals surface area contributed by atoms with E-state index >= 15 is 0 Å². The SMILES string of the molecule is CCCCCCCCCCCCCCCCOCCCCCCCCCCCCCCCC.O=C(O)CCCCC(=O)O. The molecule has 2 N–H and O–H groups in total. The van der Waals surface area contributed by atoms with Crippen LogP contribution >= 0.6 is 0 Å². The van der Waals surface area contributed by atoms with E-state index < -0.39 is 11.9 Å². The van der Waals surface area contributed by atoms with Crippen molar-refractivity contribution >= 4 is 11.9 Å². The van der Waals surface area contributed by atoms with Crippen LogP contribution in [0.4, 0.5) is 0 Å². The Bertz CT molecular complexity index is 490. The summed E-state index contributed by atoms with van der Waals surface area (Å²) in [6, 6.07) is 0. The van der Waals surface area contributed by atoms with Gasteiger partial charge in [0.15, 0.2) is 0 Å². The second kappa shape index (κ2) is 40.9. The maximum Gasteiger partial charge on any atom is 0.303 e. The first-order valence-corrected chi connectivity index (χ1v) is 19.1. The molecule has 0 fully saturated rings. The van der Waals surface area contributed by atoms with Crippen molar-refractivity contribution in [1.82, 2.24) is 0 Å². The van der Waals surface area contributed by atoms with Gasteiger partial charge in [-0.25, -0.2) is 0 Å². The minimum absolute atomic E-state index is 0.0628. The van der Waals surface area contributed by atoms with E-state index in [0.29, 0.717) is 12.8 Å². The topological polar surface area (TPSA) is 83.8 Å². The van der Waals surface area contributed by atoms with E-state index in [1.165, 1.54) is 180 Å². The molecule has 0 atom stereocenters. The summed E-state index contributed by atoms with van der Waals surface area (Å²) in [5.41, 5.74) is 0. The van der Waals surface area contributed by atoms with Gasteiger partial charge in [-0.15, -0.1) is 0 Å². The van der Waals surface area contributed by atoms with Gasteiger partial charge >= 0.3 is 11.9 Å². The highest BCUT2D eigenvalue weighted by Gasteiger charge is 1.99. The molecule has 0 radical (unpaired) electrons. The van der Waals surface area contributed by atoms with Crippen LogP contribution in [0.5, 0.6) is 0 Å². The molecule has 0 spiro atoms. The minimum atomic E-state index is -0.870. The normalized spacial score (nSPS) is 10.9. The standard InChI is InChI=1S/C32H66O.C6H10O4/c1-3-5-7-9-11-13-15-17-19-21-23-25-27-29-31-33-32-30-28-26-24-22-20-18-16-14-12-10-8-6-4-2;7-5(8)3-1-2-4-6(9)10/h3-32H2,1-2H3;1-4H2,(H,7,8)(H,9,10). The third-order valence-electron chi connectivity index (χ3n) is 8.32. The maximum atomic E-state index is 9.90. The lowest BCUT2D eigenvalue weighted by Crippen LogP contribution is -1.97. The van der Waals surface area contributed by atoms with Crippen molar-refractivity contribution in [1.29, 1.82) is 0 Å². The van der Waals surface area contributed by atoms with Gasteiger partial charge in [-0.3, -0.25) is 9.59 Å². The third-order valence-corrected chi connectivity index (χ3v) is 8.32. The van der Waals surface area contributed by atoms with Gasteiger partial charge in [0.05, 0.1) is 0 Å². The number of hydrogen-bond acceptors (Lipinski definition) is 3. The summed E-state index contributed by atoms with van der Waals surface area (Å²) in [4.78, 5) is 19.8. The molecular formula is C38H76O5. The number of carboxylic acids is 2. The van der Waals surface area contributed by atoms with Crippen LogP contribution in [0.2, 0.25) is 0 Å². The molecule has 0 rings (SSSR count). The van der Waals surface area contributed by atoms with Gasteiger partial charge in [0.1, 0.15) is 0 Å². The molecule has 0 unspecified atom stereocenters. The summed E-state index contributed by atoms with van der Waals surface area (Å²) in [7, 11) is 0. The summed E-state index contributed by atoms with van der Waals surface area (Å²) in [5, 5.41) is 16.3. The molecule has 0 aliphatic carbocycles. The maximum absolute atomic E-state index is 9.90. The largest absolute Gasteiger partial charge is 0.481 e. The second-order valence-electron chi connectivity index (χ2n) is 12.8. The Kier molecular flexibility index (Phi) is 41.9. The Hall–Kier alpha value is -1.10. The summed E-state index contributed by atoms with van der Waals surface area (Å²) < 4.78 is 5.85. The molecule has 0 aromatic carbocycles. The van der Waals surface area contributed by atoms with Crippen LogP contribution in [0.1, 0.15) is 219 Å². The molecule has 0 saturated carbocycles. The average molecular weight is 613 g/mol. The van der Waals surface area contributed by atoms with Crippen LogP contribution in [0.3, 0.4) is 0 Å². The average Bonchev–Trinajstić information content (AvgIpc) is 2.98. The molecule has 0 aromatic rings. The lowest BCUT2D eigenvalue weighted by Gasteiger charge is -2.05. The number of rotatable bonds is 35. The first-order valence-electron chi connectivity index (χ1n) is 19.1. The molecule has 0 aromatic heterocycles. The third kappa shape index (κ3) is 48.0. The highest BCUT2D eigenvalue weighted by molar-refractivity contribution is 5.67. The fourth-order valence-electron chi connectivity index (χ4n) is 5.45. The monoisotopic (exact) mass is 613 g/mol. The van der Waals surface area contributed by atoms with Gasteiger partial charge in [0.2, 0.25) is 0 Å². The zero-order valence-corrected chi connectivity index (χ0v) is 29.2. The summed E-state index contributed by atoms with van der Waals surface area (Å²) >= 11 is 0. The van der Waals surface area contributed by atoms with Crippen molar-refractivity contribution in [2.24, 2.45) is 0 Å². The fourth-order valence-corrected chi connectivity index (χ4v) is 5.45. The second-order valence-corrected chi connectivity index (χ2v) is 12.8. The quantitative estimate of drug-likeness (QED) is 0.0695. The molecule has 0 amide bonds. The zero-order chi connectivity index (χ0) is 31.9. The van der Waals surface area contributed by atoms with E-state index in [9.17, 15) is 9.59 Å². The number of hydrogen-bond donors (Lipinski definition) is 2. The summed E-state index contributed by atoms with van der Waals surface area (Å²) in [6.45, 7) is 6.59. The van der Waals surface area contributed by atoms with Gasteiger partial charge in [-0.2, -0.15) is 0 Å². The zero-order valence-electron chi connectivity index (χ0n) is 29.2. The first-order chi connectivity index (χ1) is 21.0. The molecule has 258 valence electrons. The molecule has 5 heteroatoms. The Morgan fingerprint density at radius 3 is 0.767 bits per heavy atom. The first kappa shape index (κ1) is 44.0. The van der Waals surface area contributed by atoms with Gasteiger partial charge in [-0.05, 0) is 25.7 Å². The summed E-state index contributed by atoms with van der Waals surface area (Å²) in [6.07, 6.45) is 41.1. The fraction of sp³-hybridized carbons (Fsp3) is 0.947. The van der Waals surface area contributed by atoms with E-state index in [1.54, 1.807) is 0 Å². The lowest BCUT2D eigenvalue weighted by molar-refractivity contribution is -0.139. The Balaban J connectivity index is 0. The van der Waals surface area contributed by atoms with E-state index in [-0.39, 0.29) is 12.8 Å². The smallest absolute Gasteiger partial charge is 0.303 e. The predicted molar refractivity (Wildman–Crippen MR) is 185 cm³/mol. The summed E-state index contributed by atoms with van der Waals surface area (Å²) in [5.74, 6) is -1.74. The Morgan fingerprint density at radius 1 is 0.349 bits per heavy atom. The predicted octanol–water partition coefficient (Wildman–Crippen LogP) is 12.7. The van der Waals surface area contributed by atoms with Crippen molar-refractivity contribution in [2.45, 2.75) is 219 Å². The Morgan fingerprint density at radius 2 is 0.558 bits per heavy atom. The van der Waals surface area contributed by atoms with E-state index in [0.717, 1.165) is 13.2 Å². The number of carbonyl (C=O) groups is 2. The van der Waals surface area contributed by atoms with Crippen molar-refractivity contribution < 1.29 is 24.5 Å². The molecule has 0 heterocycles. The molecule has 0 saturated heterocycles. The van der Waals surface area contributed by atoms with E-state index in [4.69, 9.17) is 14.9 Å². The van der Waals surface area contributed by atoms with Crippen LogP contribution in [0.15, 0.2) is 0 Å². The lowest BCUT2D eigenvalue weighted by atomic mass is 10.0. The van der Waals surface area contributed by atoms with Crippen molar-refractivity contribution in [3.63, 3.8) is 0 Å². The number of unbranched alkanes of at least 4 members (excludes halogenated alkanes) is 27. The van der Waals surface area contributed by atoms with Gasteiger partial charge in [0.25, 0.3) is 0 Å². The van der Waals surface area contributed by atoms with E-state index in [2.05, 4.69) is 13.8 Å². The molecule has 0 aliphatic rings. The number of carboxylic acid groups (broad SMARTS) is 2. The van der Waals surface area contributed by atoms with E-state index in [1.807, 2.05) is 0 Å². The van der Waals surface area contributed by atoms with Crippen molar-refractivity contribution in [2.75, 3.05) is 13.2 Å². The highest BCUT2D eigenvalue weighted by Crippen LogP contribution is 2.14. The van der Waals surface area contributed by atoms with Gasteiger partial charge < -0.3 is 14.9 Å². The molecule has 0 bridgehead atoms. The highest BCUT2D eigenvalue weighted by atomic mass is 16.5. The number of ether oxygens (including phenoxy) is 1. The van der Waals surface area contributed by atoms with Crippen LogP contribution in [-0.2, 0) is 14.3 Å². The van der Waals surface area contributed by atoms with Crippen LogP contribution in [0.25, 0.3) is 0 Å².